The monoisotopic (exact) mass is 261 g/mol. The van der Waals surface area contributed by atoms with Crippen LogP contribution >= 0.6 is 0 Å². The minimum absolute atomic E-state index is 0.492. The van der Waals surface area contributed by atoms with E-state index in [1.807, 2.05) is 0 Å². The average molecular weight is 261 g/mol. The van der Waals surface area contributed by atoms with E-state index in [0.29, 0.717) is 12.1 Å². The van der Waals surface area contributed by atoms with Crippen molar-refractivity contribution in [1.29, 1.82) is 0 Å². The molecule has 1 aliphatic heterocycles. The highest BCUT2D eigenvalue weighted by Crippen LogP contribution is 2.23. The van der Waals surface area contributed by atoms with Crippen molar-refractivity contribution in [3.05, 3.63) is 35.4 Å². The number of hydrogen-bond donors (Lipinski definition) is 1. The summed E-state index contributed by atoms with van der Waals surface area (Å²) in [5.41, 5.74) is 2.77. The topological polar surface area (TPSA) is 21.3 Å². The van der Waals surface area contributed by atoms with Crippen LogP contribution in [-0.2, 0) is 4.74 Å². The second-order valence-electron chi connectivity index (χ2n) is 5.59. The quantitative estimate of drug-likeness (QED) is 0.801. The summed E-state index contributed by atoms with van der Waals surface area (Å²) in [6.07, 6.45) is 6.70. The summed E-state index contributed by atoms with van der Waals surface area (Å²) < 4.78 is 5.70. The fourth-order valence-electron chi connectivity index (χ4n) is 2.94. The first-order valence-electron chi connectivity index (χ1n) is 7.71. The molecule has 2 unspecified atom stereocenters. The Morgan fingerprint density at radius 1 is 1.42 bits per heavy atom. The maximum atomic E-state index is 5.70. The molecule has 2 rings (SSSR count). The highest BCUT2D eigenvalue weighted by molar-refractivity contribution is 5.25. The molecule has 19 heavy (non-hydrogen) atoms. The fraction of sp³-hybridized carbons (Fsp3) is 0.647. The normalized spacial score (nSPS) is 20.6. The molecule has 2 nitrogen and oxygen atoms in total. The van der Waals surface area contributed by atoms with Gasteiger partial charge in [-0.3, -0.25) is 0 Å². The van der Waals surface area contributed by atoms with Crippen molar-refractivity contribution in [1.82, 2.24) is 5.32 Å². The van der Waals surface area contributed by atoms with Gasteiger partial charge in [-0.15, -0.1) is 0 Å². The molecular weight excluding hydrogens is 234 g/mol. The van der Waals surface area contributed by atoms with E-state index < -0.39 is 0 Å². The Hall–Kier alpha value is -0.860. The number of rotatable bonds is 7. The lowest BCUT2D eigenvalue weighted by molar-refractivity contribution is 0.101. The lowest BCUT2D eigenvalue weighted by Gasteiger charge is -2.19. The van der Waals surface area contributed by atoms with Gasteiger partial charge in [0.15, 0.2) is 0 Å². The van der Waals surface area contributed by atoms with E-state index in [-0.39, 0.29) is 0 Å². The standard InChI is InChI=1S/C17H27NO/c1-3-18-17(15-8-4-7-14(2)13-15)11-5-9-16-10-6-12-19-16/h4,7-8,13,16-18H,3,5-6,9-12H2,1-2H3. The molecule has 1 N–H and O–H groups in total. The van der Waals surface area contributed by atoms with Gasteiger partial charge in [-0.25, -0.2) is 0 Å². The number of hydrogen-bond acceptors (Lipinski definition) is 2. The predicted molar refractivity (Wildman–Crippen MR) is 80.4 cm³/mol. The first-order chi connectivity index (χ1) is 9.29. The Balaban J connectivity index is 1.84. The minimum atomic E-state index is 0.492. The van der Waals surface area contributed by atoms with Gasteiger partial charge in [-0.05, 0) is 51.1 Å². The van der Waals surface area contributed by atoms with Crippen LogP contribution < -0.4 is 5.32 Å². The molecule has 1 aromatic rings. The Bertz CT molecular complexity index is 371. The van der Waals surface area contributed by atoms with E-state index in [1.54, 1.807) is 0 Å². The molecule has 0 saturated carbocycles. The molecule has 2 heteroatoms. The van der Waals surface area contributed by atoms with Crippen molar-refractivity contribution in [3.8, 4) is 0 Å². The maximum Gasteiger partial charge on any atom is 0.0576 e. The molecule has 1 aromatic carbocycles. The molecule has 106 valence electrons. The van der Waals surface area contributed by atoms with Gasteiger partial charge in [0.25, 0.3) is 0 Å². The van der Waals surface area contributed by atoms with Crippen molar-refractivity contribution < 1.29 is 4.74 Å². The highest BCUT2D eigenvalue weighted by Gasteiger charge is 2.16. The van der Waals surface area contributed by atoms with E-state index >= 15 is 0 Å². The summed E-state index contributed by atoms with van der Waals surface area (Å²) >= 11 is 0. The molecule has 0 spiro atoms. The summed E-state index contributed by atoms with van der Waals surface area (Å²) in [6, 6.07) is 9.37. The zero-order valence-electron chi connectivity index (χ0n) is 12.3. The van der Waals surface area contributed by atoms with Gasteiger partial charge in [0.1, 0.15) is 0 Å². The molecule has 0 aliphatic carbocycles. The minimum Gasteiger partial charge on any atom is -0.378 e. The summed E-state index contributed by atoms with van der Waals surface area (Å²) in [6.45, 7) is 6.35. The van der Waals surface area contributed by atoms with Gasteiger partial charge in [0, 0.05) is 12.6 Å². The van der Waals surface area contributed by atoms with Crippen LogP contribution in [0.5, 0.6) is 0 Å². The van der Waals surface area contributed by atoms with Gasteiger partial charge in [0.05, 0.1) is 6.10 Å². The van der Waals surface area contributed by atoms with Crippen LogP contribution in [0.4, 0.5) is 0 Å². The molecule has 1 aliphatic rings. The van der Waals surface area contributed by atoms with E-state index in [0.717, 1.165) is 13.2 Å². The van der Waals surface area contributed by atoms with Crippen LogP contribution in [0.25, 0.3) is 0 Å². The first-order valence-corrected chi connectivity index (χ1v) is 7.71. The smallest absolute Gasteiger partial charge is 0.0576 e. The molecule has 1 heterocycles. The van der Waals surface area contributed by atoms with Crippen molar-refractivity contribution in [2.45, 2.75) is 58.1 Å². The summed E-state index contributed by atoms with van der Waals surface area (Å²) in [5.74, 6) is 0. The highest BCUT2D eigenvalue weighted by atomic mass is 16.5. The largest absolute Gasteiger partial charge is 0.378 e. The van der Waals surface area contributed by atoms with Crippen LogP contribution in [0.1, 0.15) is 56.2 Å². The third-order valence-corrected chi connectivity index (χ3v) is 3.94. The van der Waals surface area contributed by atoms with E-state index in [2.05, 4.69) is 43.4 Å². The molecular formula is C17H27NO. The molecule has 2 atom stereocenters. The summed E-state index contributed by atoms with van der Waals surface area (Å²) in [5, 5.41) is 3.61. The molecule has 0 aromatic heterocycles. The van der Waals surface area contributed by atoms with Crippen molar-refractivity contribution in [3.63, 3.8) is 0 Å². The summed E-state index contributed by atoms with van der Waals surface area (Å²) in [7, 11) is 0. The Kier molecular flexibility index (Phi) is 5.87. The van der Waals surface area contributed by atoms with E-state index in [9.17, 15) is 0 Å². The number of ether oxygens (including phenoxy) is 1. The Morgan fingerprint density at radius 3 is 3.00 bits per heavy atom. The maximum absolute atomic E-state index is 5.70. The van der Waals surface area contributed by atoms with Gasteiger partial charge in [0.2, 0.25) is 0 Å². The number of nitrogens with one attached hydrogen (secondary N) is 1. The molecule has 1 fully saturated rings. The van der Waals surface area contributed by atoms with Crippen LogP contribution in [0.15, 0.2) is 24.3 Å². The third kappa shape index (κ3) is 4.63. The first kappa shape index (κ1) is 14.5. The summed E-state index contributed by atoms with van der Waals surface area (Å²) in [4.78, 5) is 0. The average Bonchev–Trinajstić information content (AvgIpc) is 2.91. The second-order valence-corrected chi connectivity index (χ2v) is 5.59. The van der Waals surface area contributed by atoms with E-state index in [4.69, 9.17) is 4.74 Å². The fourth-order valence-corrected chi connectivity index (χ4v) is 2.94. The van der Waals surface area contributed by atoms with E-state index in [1.165, 1.54) is 43.2 Å². The second kappa shape index (κ2) is 7.66. The molecule has 1 saturated heterocycles. The predicted octanol–water partition coefficient (Wildman–Crippen LogP) is 3.99. The van der Waals surface area contributed by atoms with Crippen molar-refractivity contribution in [2.75, 3.05) is 13.2 Å². The molecule has 0 amide bonds. The van der Waals surface area contributed by atoms with Crippen LogP contribution in [0, 0.1) is 6.92 Å². The van der Waals surface area contributed by atoms with Crippen LogP contribution in [0.2, 0.25) is 0 Å². The van der Waals surface area contributed by atoms with Crippen LogP contribution in [-0.4, -0.2) is 19.3 Å². The zero-order valence-corrected chi connectivity index (χ0v) is 12.3. The number of benzene rings is 1. The van der Waals surface area contributed by atoms with Gasteiger partial charge in [-0.1, -0.05) is 36.8 Å². The molecule has 0 radical (unpaired) electrons. The Morgan fingerprint density at radius 2 is 2.32 bits per heavy atom. The van der Waals surface area contributed by atoms with Crippen molar-refractivity contribution >= 4 is 0 Å². The van der Waals surface area contributed by atoms with Crippen molar-refractivity contribution in [2.24, 2.45) is 0 Å². The Labute approximate surface area is 117 Å². The van der Waals surface area contributed by atoms with Crippen LogP contribution in [0.3, 0.4) is 0 Å². The van der Waals surface area contributed by atoms with Gasteiger partial charge >= 0.3 is 0 Å². The zero-order chi connectivity index (χ0) is 13.5. The van der Waals surface area contributed by atoms with Gasteiger partial charge in [-0.2, -0.15) is 0 Å². The molecule has 0 bridgehead atoms. The third-order valence-electron chi connectivity index (χ3n) is 3.94. The SMILES string of the molecule is CCNC(CCCC1CCCO1)c1cccc(C)c1. The number of aryl methyl sites for hydroxylation is 1. The van der Waals surface area contributed by atoms with Gasteiger partial charge < -0.3 is 10.1 Å². The lowest BCUT2D eigenvalue weighted by atomic mass is 9.98. The lowest BCUT2D eigenvalue weighted by Crippen LogP contribution is -2.21.